The van der Waals surface area contributed by atoms with E-state index < -0.39 is 26.1 Å². The fourth-order valence-electron chi connectivity index (χ4n) is 3.56. The monoisotopic (exact) mass is 429 g/mol. The second-order valence-electron chi connectivity index (χ2n) is 9.51. The molecule has 6 heteroatoms. The van der Waals surface area contributed by atoms with Gasteiger partial charge in [-0.25, -0.2) is 4.79 Å². The van der Waals surface area contributed by atoms with Crippen LogP contribution in [0.25, 0.3) is 0 Å². The summed E-state index contributed by atoms with van der Waals surface area (Å²) >= 11 is 0. The van der Waals surface area contributed by atoms with E-state index in [1.165, 1.54) is 0 Å². The van der Waals surface area contributed by atoms with Crippen molar-refractivity contribution >= 4 is 24.8 Å². The first kappa shape index (κ1) is 24.1. The highest BCUT2D eigenvalue weighted by atomic mass is 28.4. The second-order valence-corrected chi connectivity index (χ2v) is 13.8. The second kappa shape index (κ2) is 9.77. The Kier molecular flexibility index (Phi) is 7.85. The summed E-state index contributed by atoms with van der Waals surface area (Å²) in [5.74, 6) is 0. The van der Waals surface area contributed by atoms with E-state index in [0.29, 0.717) is 0 Å². The summed E-state index contributed by atoms with van der Waals surface area (Å²) in [6.07, 6.45) is -1.40. The van der Waals surface area contributed by atoms with Crippen molar-refractivity contribution in [1.29, 1.82) is 0 Å². The molecule has 0 heterocycles. The van der Waals surface area contributed by atoms with Crippen LogP contribution in [-0.2, 0) is 9.16 Å². The van der Waals surface area contributed by atoms with Crippen LogP contribution in [0.3, 0.4) is 0 Å². The largest absolute Gasteiger partial charge is 0.444 e. The minimum atomic E-state index is -2.71. The summed E-state index contributed by atoms with van der Waals surface area (Å²) < 4.78 is 11.9. The molecule has 5 nitrogen and oxygen atoms in total. The van der Waals surface area contributed by atoms with Gasteiger partial charge in [-0.05, 0) is 36.2 Å². The van der Waals surface area contributed by atoms with Crippen LogP contribution in [0.15, 0.2) is 60.7 Å². The third-order valence-corrected chi connectivity index (χ3v) is 9.79. The van der Waals surface area contributed by atoms with Crippen LogP contribution in [0.4, 0.5) is 4.79 Å². The van der Waals surface area contributed by atoms with E-state index in [1.807, 2.05) is 36.4 Å². The standard InChI is InChI=1S/C24H35NO4Si/c1-23(2,3)29-22(27)25-17-19(26)18-28-30(24(4,5)6,20-13-9-7-10-14-20)21-15-11-8-12-16-21/h7-16,19,26H,17-18H2,1-6H3,(H,25,27). The molecule has 30 heavy (non-hydrogen) atoms. The summed E-state index contributed by atoms with van der Waals surface area (Å²) in [4.78, 5) is 11.9. The van der Waals surface area contributed by atoms with Crippen molar-refractivity contribution in [3.05, 3.63) is 60.7 Å². The Morgan fingerprint density at radius 1 is 0.933 bits per heavy atom. The zero-order chi connectivity index (χ0) is 22.4. The average molecular weight is 430 g/mol. The highest BCUT2D eigenvalue weighted by Gasteiger charge is 2.50. The molecule has 2 aromatic rings. The van der Waals surface area contributed by atoms with Crippen LogP contribution in [0.2, 0.25) is 5.04 Å². The van der Waals surface area contributed by atoms with Crippen LogP contribution in [0.5, 0.6) is 0 Å². The van der Waals surface area contributed by atoms with E-state index in [9.17, 15) is 9.90 Å². The molecule has 0 fully saturated rings. The molecule has 2 rings (SSSR count). The van der Waals surface area contributed by atoms with E-state index in [-0.39, 0.29) is 18.2 Å². The molecule has 0 radical (unpaired) electrons. The number of alkyl carbamates (subject to hydrolysis) is 1. The van der Waals surface area contributed by atoms with Crippen molar-refractivity contribution < 1.29 is 19.1 Å². The lowest BCUT2D eigenvalue weighted by Gasteiger charge is -2.43. The number of benzene rings is 2. The number of aliphatic hydroxyl groups excluding tert-OH is 1. The molecule has 0 aliphatic carbocycles. The number of hydrogen-bond acceptors (Lipinski definition) is 4. The van der Waals surface area contributed by atoms with E-state index in [0.717, 1.165) is 10.4 Å². The van der Waals surface area contributed by atoms with Gasteiger partial charge in [0, 0.05) is 6.54 Å². The maximum atomic E-state index is 11.9. The number of carbonyl (C=O) groups excluding carboxylic acids is 1. The molecular formula is C24H35NO4Si. The Balaban J connectivity index is 2.24. The number of aliphatic hydroxyl groups is 1. The van der Waals surface area contributed by atoms with Crippen molar-refractivity contribution in [2.24, 2.45) is 0 Å². The maximum absolute atomic E-state index is 11.9. The zero-order valence-electron chi connectivity index (χ0n) is 18.9. The minimum Gasteiger partial charge on any atom is -0.444 e. The number of rotatable bonds is 7. The summed E-state index contributed by atoms with van der Waals surface area (Å²) in [5, 5.41) is 15.3. The Labute approximate surface area is 181 Å². The molecule has 0 spiro atoms. The van der Waals surface area contributed by atoms with Crippen molar-refractivity contribution in [3.8, 4) is 0 Å². The lowest BCUT2D eigenvalue weighted by molar-refractivity contribution is 0.0458. The summed E-state index contributed by atoms with van der Waals surface area (Å²) in [5.41, 5.74) is -0.583. The Bertz CT molecular complexity index is 758. The van der Waals surface area contributed by atoms with Gasteiger partial charge in [-0.1, -0.05) is 81.4 Å². The topological polar surface area (TPSA) is 67.8 Å². The molecule has 0 aromatic heterocycles. The average Bonchev–Trinajstić information content (AvgIpc) is 2.66. The van der Waals surface area contributed by atoms with Crippen LogP contribution in [0, 0.1) is 0 Å². The Hall–Kier alpha value is -2.15. The molecule has 0 bridgehead atoms. The predicted molar refractivity (Wildman–Crippen MR) is 124 cm³/mol. The SMILES string of the molecule is CC(C)(C)OC(=O)NCC(O)CO[Si](c1ccccc1)(c1ccccc1)C(C)(C)C. The number of amides is 1. The van der Waals surface area contributed by atoms with Gasteiger partial charge >= 0.3 is 6.09 Å². The van der Waals surface area contributed by atoms with E-state index in [4.69, 9.17) is 9.16 Å². The summed E-state index contributed by atoms with van der Waals surface area (Å²) in [6.45, 7) is 12.1. The van der Waals surface area contributed by atoms with Crippen molar-refractivity contribution in [2.45, 2.75) is 58.3 Å². The van der Waals surface area contributed by atoms with E-state index >= 15 is 0 Å². The van der Waals surface area contributed by atoms with Gasteiger partial charge in [0.25, 0.3) is 8.32 Å². The Morgan fingerprint density at radius 2 is 1.40 bits per heavy atom. The third-order valence-electron chi connectivity index (χ3n) is 4.79. The zero-order valence-corrected chi connectivity index (χ0v) is 19.9. The van der Waals surface area contributed by atoms with Gasteiger partial charge in [-0.3, -0.25) is 0 Å². The van der Waals surface area contributed by atoms with Crippen LogP contribution in [-0.4, -0.2) is 44.4 Å². The van der Waals surface area contributed by atoms with Gasteiger partial charge in [0.1, 0.15) is 5.60 Å². The summed E-state index contributed by atoms with van der Waals surface area (Å²) in [7, 11) is -2.71. The number of carbonyl (C=O) groups is 1. The molecule has 0 saturated heterocycles. The normalized spacial score (nSPS) is 13.6. The van der Waals surface area contributed by atoms with Gasteiger partial charge in [-0.2, -0.15) is 0 Å². The molecule has 1 unspecified atom stereocenters. The first-order valence-corrected chi connectivity index (χ1v) is 12.3. The number of hydrogen-bond donors (Lipinski definition) is 2. The van der Waals surface area contributed by atoms with Gasteiger partial charge in [-0.15, -0.1) is 0 Å². The van der Waals surface area contributed by atoms with Crippen LogP contribution < -0.4 is 15.7 Å². The molecule has 164 valence electrons. The van der Waals surface area contributed by atoms with Crippen molar-refractivity contribution in [2.75, 3.05) is 13.2 Å². The van der Waals surface area contributed by atoms with E-state index in [1.54, 1.807) is 20.8 Å². The fraction of sp³-hybridized carbons (Fsp3) is 0.458. The quantitative estimate of drug-likeness (QED) is 0.662. The lowest BCUT2D eigenvalue weighted by atomic mass is 10.2. The molecule has 1 atom stereocenters. The summed E-state index contributed by atoms with van der Waals surface area (Å²) in [6, 6.07) is 20.5. The minimum absolute atomic E-state index is 0.0626. The van der Waals surface area contributed by atoms with Gasteiger partial charge in [0.05, 0.1) is 12.7 Å². The highest BCUT2D eigenvalue weighted by molar-refractivity contribution is 6.99. The molecule has 0 saturated carbocycles. The molecular weight excluding hydrogens is 394 g/mol. The fourth-order valence-corrected chi connectivity index (χ4v) is 8.15. The molecule has 2 aromatic carbocycles. The first-order valence-electron chi connectivity index (χ1n) is 10.4. The number of nitrogens with one attached hydrogen (secondary N) is 1. The van der Waals surface area contributed by atoms with Gasteiger partial charge < -0.3 is 19.6 Å². The first-order chi connectivity index (χ1) is 14.0. The van der Waals surface area contributed by atoms with Gasteiger partial charge in [0.15, 0.2) is 0 Å². The number of ether oxygens (including phenoxy) is 1. The highest BCUT2D eigenvalue weighted by Crippen LogP contribution is 2.36. The lowest BCUT2D eigenvalue weighted by Crippen LogP contribution is -2.67. The molecule has 1 amide bonds. The van der Waals surface area contributed by atoms with Crippen molar-refractivity contribution in [3.63, 3.8) is 0 Å². The molecule has 0 aliphatic rings. The molecule has 0 aliphatic heterocycles. The van der Waals surface area contributed by atoms with Crippen LogP contribution >= 0.6 is 0 Å². The van der Waals surface area contributed by atoms with E-state index in [2.05, 4.69) is 50.4 Å². The Morgan fingerprint density at radius 3 is 1.80 bits per heavy atom. The smallest absolute Gasteiger partial charge is 0.407 e. The predicted octanol–water partition coefficient (Wildman–Crippen LogP) is 3.45. The van der Waals surface area contributed by atoms with Gasteiger partial charge in [0.2, 0.25) is 0 Å². The van der Waals surface area contributed by atoms with Crippen molar-refractivity contribution in [1.82, 2.24) is 5.32 Å². The molecule has 2 N–H and O–H groups in total. The third kappa shape index (κ3) is 6.17. The maximum Gasteiger partial charge on any atom is 0.407 e. The van der Waals surface area contributed by atoms with Crippen LogP contribution in [0.1, 0.15) is 41.5 Å².